The Labute approximate surface area is 110 Å². The van der Waals surface area contributed by atoms with Crippen LogP contribution in [0.4, 0.5) is 13.2 Å². The lowest BCUT2D eigenvalue weighted by Gasteiger charge is -2.34. The van der Waals surface area contributed by atoms with Crippen LogP contribution in [0, 0.1) is 0 Å². The summed E-state index contributed by atoms with van der Waals surface area (Å²) in [6.45, 7) is 3.14. The van der Waals surface area contributed by atoms with Gasteiger partial charge in [-0.3, -0.25) is 4.90 Å². The summed E-state index contributed by atoms with van der Waals surface area (Å²) in [5, 5.41) is 12.7. The lowest BCUT2D eigenvalue weighted by molar-refractivity contribution is -0.137. The molecule has 1 heterocycles. The molecule has 1 aliphatic rings. The average Bonchev–Trinajstić information content (AvgIpc) is 2.40. The number of halogens is 3. The third kappa shape index (κ3) is 3.46. The Bertz CT molecular complexity index is 399. The third-order valence-electron chi connectivity index (χ3n) is 3.39. The fraction of sp³-hybridized carbons (Fsp3) is 0.538. The first-order chi connectivity index (χ1) is 9.02. The van der Waals surface area contributed by atoms with Crippen molar-refractivity contribution >= 4 is 0 Å². The molecule has 106 valence electrons. The maximum atomic E-state index is 12.5. The molecule has 2 rings (SSSR count). The van der Waals surface area contributed by atoms with Crippen molar-refractivity contribution in [2.24, 2.45) is 0 Å². The Kier molecular flexibility index (Phi) is 4.44. The average molecular weight is 274 g/mol. The zero-order chi connectivity index (χ0) is 13.9. The number of hydrogen-bond donors (Lipinski definition) is 2. The highest BCUT2D eigenvalue weighted by Crippen LogP contribution is 2.30. The topological polar surface area (TPSA) is 35.5 Å². The number of benzene rings is 1. The largest absolute Gasteiger partial charge is 0.416 e. The van der Waals surface area contributed by atoms with Crippen LogP contribution in [0.3, 0.4) is 0 Å². The fourth-order valence-corrected chi connectivity index (χ4v) is 2.32. The highest BCUT2D eigenvalue weighted by Gasteiger charge is 2.30. The van der Waals surface area contributed by atoms with E-state index >= 15 is 0 Å². The summed E-state index contributed by atoms with van der Waals surface area (Å²) in [4.78, 5) is 2.08. The van der Waals surface area contributed by atoms with Crippen LogP contribution < -0.4 is 5.32 Å². The Morgan fingerprint density at radius 1 is 1.16 bits per heavy atom. The summed E-state index contributed by atoms with van der Waals surface area (Å²) in [6, 6.07) is 4.81. The van der Waals surface area contributed by atoms with Gasteiger partial charge in [-0.25, -0.2) is 0 Å². The Morgan fingerprint density at radius 2 is 1.74 bits per heavy atom. The number of aliphatic hydroxyl groups is 1. The van der Waals surface area contributed by atoms with E-state index in [2.05, 4.69) is 10.2 Å². The number of nitrogens with one attached hydrogen (secondary N) is 1. The van der Waals surface area contributed by atoms with Crippen molar-refractivity contribution in [3.05, 3.63) is 35.4 Å². The molecule has 0 aromatic heterocycles. The molecule has 6 heteroatoms. The normalized spacial score (nSPS) is 19.4. The molecule has 0 bridgehead atoms. The second kappa shape index (κ2) is 5.90. The molecule has 2 N–H and O–H groups in total. The number of nitrogens with zero attached hydrogens (tertiary/aromatic N) is 1. The molecule has 1 aliphatic heterocycles. The predicted octanol–water partition coefficient (Wildman–Crippen LogP) is 1.64. The van der Waals surface area contributed by atoms with E-state index in [1.165, 1.54) is 12.1 Å². The summed E-state index contributed by atoms with van der Waals surface area (Å²) < 4.78 is 37.5. The molecule has 0 spiro atoms. The second-order valence-electron chi connectivity index (χ2n) is 4.60. The highest BCUT2D eigenvalue weighted by atomic mass is 19.4. The summed E-state index contributed by atoms with van der Waals surface area (Å²) in [7, 11) is 0. The highest BCUT2D eigenvalue weighted by molar-refractivity contribution is 5.27. The summed E-state index contributed by atoms with van der Waals surface area (Å²) in [6.07, 6.45) is -4.32. The van der Waals surface area contributed by atoms with Gasteiger partial charge >= 0.3 is 6.18 Å². The SMILES string of the molecule is OC[C@H](c1ccc(C(F)(F)F)cc1)N1CCNCC1. The lowest BCUT2D eigenvalue weighted by Crippen LogP contribution is -2.46. The quantitative estimate of drug-likeness (QED) is 0.879. The van der Waals surface area contributed by atoms with Gasteiger partial charge in [0.1, 0.15) is 0 Å². The predicted molar refractivity (Wildman–Crippen MR) is 65.7 cm³/mol. The van der Waals surface area contributed by atoms with E-state index in [1.807, 2.05) is 0 Å². The monoisotopic (exact) mass is 274 g/mol. The molecule has 3 nitrogen and oxygen atoms in total. The number of aliphatic hydroxyl groups excluding tert-OH is 1. The first kappa shape index (κ1) is 14.3. The van der Waals surface area contributed by atoms with E-state index in [1.54, 1.807) is 0 Å². The minimum atomic E-state index is -4.32. The van der Waals surface area contributed by atoms with Crippen LogP contribution in [0.15, 0.2) is 24.3 Å². The van der Waals surface area contributed by atoms with Gasteiger partial charge in [0.05, 0.1) is 18.2 Å². The zero-order valence-electron chi connectivity index (χ0n) is 10.5. The third-order valence-corrected chi connectivity index (χ3v) is 3.39. The van der Waals surface area contributed by atoms with Crippen LogP contribution in [0.1, 0.15) is 17.2 Å². The standard InChI is InChI=1S/C13H17F3N2O/c14-13(15,16)11-3-1-10(2-4-11)12(9-19)18-7-5-17-6-8-18/h1-4,12,17,19H,5-9H2/t12-/m1/s1. The fourth-order valence-electron chi connectivity index (χ4n) is 2.32. The minimum absolute atomic E-state index is 0.0919. The minimum Gasteiger partial charge on any atom is -0.394 e. The van der Waals surface area contributed by atoms with Crippen LogP contribution in [0.25, 0.3) is 0 Å². The van der Waals surface area contributed by atoms with E-state index in [4.69, 9.17) is 0 Å². The van der Waals surface area contributed by atoms with Gasteiger partial charge in [0.2, 0.25) is 0 Å². The van der Waals surface area contributed by atoms with E-state index in [-0.39, 0.29) is 12.6 Å². The van der Waals surface area contributed by atoms with Gasteiger partial charge in [0, 0.05) is 26.2 Å². The van der Waals surface area contributed by atoms with Gasteiger partial charge in [0.15, 0.2) is 0 Å². The van der Waals surface area contributed by atoms with Crippen molar-refractivity contribution in [3.63, 3.8) is 0 Å². The molecule has 0 amide bonds. The Balaban J connectivity index is 2.14. The van der Waals surface area contributed by atoms with Crippen molar-refractivity contribution in [1.29, 1.82) is 0 Å². The molecule has 0 aliphatic carbocycles. The van der Waals surface area contributed by atoms with Crippen LogP contribution >= 0.6 is 0 Å². The Hall–Kier alpha value is -1.11. The second-order valence-corrected chi connectivity index (χ2v) is 4.60. The molecule has 0 saturated carbocycles. The summed E-state index contributed by atoms with van der Waals surface area (Å²) in [5.41, 5.74) is 0.0608. The molecule has 1 aromatic rings. The Morgan fingerprint density at radius 3 is 2.21 bits per heavy atom. The van der Waals surface area contributed by atoms with Gasteiger partial charge in [-0.1, -0.05) is 12.1 Å². The van der Waals surface area contributed by atoms with E-state index < -0.39 is 11.7 Å². The smallest absolute Gasteiger partial charge is 0.394 e. The molecular weight excluding hydrogens is 257 g/mol. The van der Waals surface area contributed by atoms with Crippen LogP contribution in [0.2, 0.25) is 0 Å². The lowest BCUT2D eigenvalue weighted by atomic mass is 10.0. The molecule has 0 unspecified atom stereocenters. The molecule has 1 atom stereocenters. The summed E-state index contributed by atoms with van der Waals surface area (Å²) >= 11 is 0. The molecule has 1 aromatic carbocycles. The van der Waals surface area contributed by atoms with E-state index in [0.29, 0.717) is 0 Å². The van der Waals surface area contributed by atoms with Crippen LogP contribution in [0.5, 0.6) is 0 Å². The zero-order valence-corrected chi connectivity index (χ0v) is 10.5. The van der Waals surface area contributed by atoms with E-state index in [9.17, 15) is 18.3 Å². The number of rotatable bonds is 3. The van der Waals surface area contributed by atoms with Crippen molar-refractivity contribution in [1.82, 2.24) is 10.2 Å². The van der Waals surface area contributed by atoms with Crippen LogP contribution in [-0.2, 0) is 6.18 Å². The van der Waals surface area contributed by atoms with Crippen molar-refractivity contribution in [2.75, 3.05) is 32.8 Å². The first-order valence-electron chi connectivity index (χ1n) is 6.25. The number of hydrogen-bond acceptors (Lipinski definition) is 3. The molecule has 0 radical (unpaired) electrons. The van der Waals surface area contributed by atoms with Crippen molar-refractivity contribution in [2.45, 2.75) is 12.2 Å². The van der Waals surface area contributed by atoms with Gasteiger partial charge in [-0.2, -0.15) is 13.2 Å². The first-order valence-corrected chi connectivity index (χ1v) is 6.25. The maximum Gasteiger partial charge on any atom is 0.416 e. The maximum absolute atomic E-state index is 12.5. The van der Waals surface area contributed by atoms with Gasteiger partial charge in [0.25, 0.3) is 0 Å². The molecule has 1 fully saturated rings. The van der Waals surface area contributed by atoms with E-state index in [0.717, 1.165) is 43.9 Å². The summed E-state index contributed by atoms with van der Waals surface area (Å²) in [5.74, 6) is 0. The van der Waals surface area contributed by atoms with Gasteiger partial charge in [-0.15, -0.1) is 0 Å². The molecular formula is C13H17F3N2O. The molecule has 19 heavy (non-hydrogen) atoms. The van der Waals surface area contributed by atoms with Crippen molar-refractivity contribution in [3.8, 4) is 0 Å². The van der Waals surface area contributed by atoms with Crippen molar-refractivity contribution < 1.29 is 18.3 Å². The van der Waals surface area contributed by atoms with Gasteiger partial charge < -0.3 is 10.4 Å². The van der Waals surface area contributed by atoms with Gasteiger partial charge in [-0.05, 0) is 17.7 Å². The molecule has 1 saturated heterocycles. The number of piperazine rings is 1. The van der Waals surface area contributed by atoms with Crippen LogP contribution in [-0.4, -0.2) is 42.8 Å². The number of alkyl halides is 3.